The molecule has 0 aliphatic carbocycles. The van der Waals surface area contributed by atoms with Gasteiger partial charge in [0.1, 0.15) is 0 Å². The van der Waals surface area contributed by atoms with Gasteiger partial charge in [0.25, 0.3) is 0 Å². The van der Waals surface area contributed by atoms with Crippen LogP contribution >= 0.6 is 11.3 Å². The van der Waals surface area contributed by atoms with Crippen molar-refractivity contribution in [3.63, 3.8) is 0 Å². The van der Waals surface area contributed by atoms with Crippen molar-refractivity contribution in [3.05, 3.63) is 34.5 Å². The first-order valence-electron chi connectivity index (χ1n) is 3.20. The van der Waals surface area contributed by atoms with Crippen LogP contribution in [-0.2, 0) is 0 Å². The van der Waals surface area contributed by atoms with Crippen molar-refractivity contribution in [2.24, 2.45) is 0 Å². The highest BCUT2D eigenvalue weighted by molar-refractivity contribution is 7.08. The van der Waals surface area contributed by atoms with Crippen molar-refractivity contribution < 1.29 is 0 Å². The predicted molar refractivity (Wildman–Crippen MR) is 49.1 cm³/mol. The first-order valence-corrected chi connectivity index (χ1v) is 4.14. The highest BCUT2D eigenvalue weighted by atomic mass is 32.1. The molecule has 0 saturated carbocycles. The summed E-state index contributed by atoms with van der Waals surface area (Å²) in [6.07, 6.45) is 6.01. The Bertz CT molecular complexity index is 243. The highest BCUT2D eigenvalue weighted by Gasteiger charge is 1.93. The van der Waals surface area contributed by atoms with Gasteiger partial charge in [-0.15, -0.1) is 0 Å². The van der Waals surface area contributed by atoms with Crippen molar-refractivity contribution in [2.45, 2.75) is 6.92 Å². The minimum Gasteiger partial charge on any atom is -0.151 e. The maximum atomic E-state index is 3.72. The van der Waals surface area contributed by atoms with E-state index < -0.39 is 0 Å². The zero-order valence-electron chi connectivity index (χ0n) is 6.00. The quantitative estimate of drug-likeness (QED) is 0.606. The number of hydrogen-bond donors (Lipinski definition) is 0. The SMILES string of the molecule is C=Cc1cscc1/C=C\C. The smallest absolute Gasteiger partial charge is 0.00146 e. The largest absolute Gasteiger partial charge is 0.151 e. The van der Waals surface area contributed by atoms with Gasteiger partial charge in [0.2, 0.25) is 0 Å². The molecule has 0 saturated heterocycles. The van der Waals surface area contributed by atoms with Gasteiger partial charge < -0.3 is 0 Å². The summed E-state index contributed by atoms with van der Waals surface area (Å²) in [5.41, 5.74) is 2.49. The van der Waals surface area contributed by atoms with Crippen molar-refractivity contribution in [2.75, 3.05) is 0 Å². The molecule has 1 aromatic heterocycles. The molecule has 0 atom stereocenters. The number of hydrogen-bond acceptors (Lipinski definition) is 1. The van der Waals surface area contributed by atoms with E-state index in [-0.39, 0.29) is 0 Å². The highest BCUT2D eigenvalue weighted by Crippen LogP contribution is 2.17. The van der Waals surface area contributed by atoms with Crippen molar-refractivity contribution in [1.82, 2.24) is 0 Å². The molecule has 52 valence electrons. The van der Waals surface area contributed by atoms with Crippen LogP contribution in [0.3, 0.4) is 0 Å². The van der Waals surface area contributed by atoms with E-state index in [0.29, 0.717) is 0 Å². The van der Waals surface area contributed by atoms with E-state index in [2.05, 4.69) is 23.4 Å². The van der Waals surface area contributed by atoms with Crippen molar-refractivity contribution in [1.29, 1.82) is 0 Å². The maximum absolute atomic E-state index is 3.72. The second-order valence-electron chi connectivity index (χ2n) is 1.99. The zero-order chi connectivity index (χ0) is 7.40. The van der Waals surface area contributed by atoms with Crippen molar-refractivity contribution in [3.8, 4) is 0 Å². The maximum Gasteiger partial charge on any atom is -0.00146 e. The van der Waals surface area contributed by atoms with Gasteiger partial charge >= 0.3 is 0 Å². The minimum absolute atomic E-state index is 1.23. The zero-order valence-corrected chi connectivity index (χ0v) is 6.82. The fraction of sp³-hybridized carbons (Fsp3) is 0.111. The summed E-state index contributed by atoms with van der Waals surface area (Å²) in [5.74, 6) is 0. The molecule has 1 aromatic rings. The lowest BCUT2D eigenvalue weighted by atomic mass is 10.2. The lowest BCUT2D eigenvalue weighted by molar-refractivity contribution is 1.73. The summed E-state index contributed by atoms with van der Waals surface area (Å²) in [6.45, 7) is 5.74. The average Bonchev–Trinajstić information content (AvgIpc) is 2.36. The van der Waals surface area contributed by atoms with Crippen molar-refractivity contribution >= 4 is 23.5 Å². The van der Waals surface area contributed by atoms with Gasteiger partial charge in [-0.3, -0.25) is 0 Å². The van der Waals surface area contributed by atoms with Crippen LogP contribution in [0.5, 0.6) is 0 Å². The molecular weight excluding hydrogens is 140 g/mol. The van der Waals surface area contributed by atoms with E-state index >= 15 is 0 Å². The second-order valence-corrected chi connectivity index (χ2v) is 2.73. The third kappa shape index (κ3) is 1.36. The molecular formula is C9H10S. The summed E-state index contributed by atoms with van der Waals surface area (Å²) in [7, 11) is 0. The van der Waals surface area contributed by atoms with E-state index in [1.165, 1.54) is 11.1 Å². The molecule has 0 spiro atoms. The Morgan fingerprint density at radius 3 is 2.70 bits per heavy atom. The lowest BCUT2D eigenvalue weighted by Crippen LogP contribution is -1.67. The summed E-state index contributed by atoms with van der Waals surface area (Å²) < 4.78 is 0. The molecule has 10 heavy (non-hydrogen) atoms. The van der Waals surface area contributed by atoms with E-state index in [0.717, 1.165) is 0 Å². The Hall–Kier alpha value is -0.820. The van der Waals surface area contributed by atoms with Gasteiger partial charge in [-0.25, -0.2) is 0 Å². The second kappa shape index (κ2) is 3.37. The Labute approximate surface area is 65.5 Å². The standard InChI is InChI=1S/C9H10S/c1-3-5-9-7-10-6-8(9)4-2/h3-7H,2H2,1H3/b5-3-. The Morgan fingerprint density at radius 1 is 1.40 bits per heavy atom. The van der Waals surface area contributed by atoms with Crippen LogP contribution < -0.4 is 0 Å². The number of allylic oxidation sites excluding steroid dienone is 1. The Balaban J connectivity index is 3.00. The predicted octanol–water partition coefficient (Wildman–Crippen LogP) is 3.42. The average molecular weight is 150 g/mol. The van der Waals surface area contributed by atoms with Gasteiger partial charge in [-0.05, 0) is 28.8 Å². The molecule has 0 unspecified atom stereocenters. The summed E-state index contributed by atoms with van der Waals surface area (Å²) in [4.78, 5) is 0. The first kappa shape index (κ1) is 7.29. The Kier molecular flexibility index (Phi) is 2.46. The number of rotatable bonds is 2. The third-order valence-corrected chi connectivity index (χ3v) is 2.07. The van der Waals surface area contributed by atoms with Gasteiger partial charge in [-0.1, -0.05) is 24.8 Å². The molecule has 0 radical (unpaired) electrons. The van der Waals surface area contributed by atoms with Crippen LogP contribution in [0, 0.1) is 0 Å². The molecule has 0 nitrogen and oxygen atoms in total. The first-order chi connectivity index (χ1) is 4.88. The molecule has 0 aliphatic heterocycles. The molecule has 1 heterocycles. The molecule has 0 aliphatic rings. The minimum atomic E-state index is 1.23. The fourth-order valence-electron chi connectivity index (χ4n) is 0.798. The molecule has 0 amide bonds. The van der Waals surface area contributed by atoms with Crippen LogP contribution in [0.4, 0.5) is 0 Å². The molecule has 1 rings (SSSR count). The van der Waals surface area contributed by atoms with Crippen LogP contribution in [0.2, 0.25) is 0 Å². The fourth-order valence-corrected chi connectivity index (χ4v) is 1.61. The van der Waals surface area contributed by atoms with E-state index in [4.69, 9.17) is 0 Å². The number of thiophene rings is 1. The summed E-state index contributed by atoms with van der Waals surface area (Å²) >= 11 is 1.71. The van der Waals surface area contributed by atoms with Gasteiger partial charge in [-0.2, -0.15) is 11.3 Å². The van der Waals surface area contributed by atoms with Gasteiger partial charge in [0, 0.05) is 0 Å². The molecule has 0 N–H and O–H groups in total. The monoisotopic (exact) mass is 150 g/mol. The molecule has 0 fully saturated rings. The van der Waals surface area contributed by atoms with Crippen LogP contribution in [0.25, 0.3) is 12.2 Å². The van der Waals surface area contributed by atoms with E-state index in [1.807, 2.05) is 19.1 Å². The van der Waals surface area contributed by atoms with Crippen LogP contribution in [0.1, 0.15) is 18.1 Å². The topological polar surface area (TPSA) is 0 Å². The van der Waals surface area contributed by atoms with Gasteiger partial charge in [0.15, 0.2) is 0 Å². The molecule has 0 bridgehead atoms. The molecule has 0 aromatic carbocycles. The normalized spacial score (nSPS) is 10.5. The summed E-state index contributed by atoms with van der Waals surface area (Å²) in [5, 5.41) is 4.22. The Morgan fingerprint density at radius 2 is 2.10 bits per heavy atom. The lowest BCUT2D eigenvalue weighted by Gasteiger charge is -1.87. The van der Waals surface area contributed by atoms with E-state index in [1.54, 1.807) is 11.3 Å². The molecule has 1 heteroatoms. The van der Waals surface area contributed by atoms with Crippen LogP contribution in [-0.4, -0.2) is 0 Å². The summed E-state index contributed by atoms with van der Waals surface area (Å²) in [6, 6.07) is 0. The van der Waals surface area contributed by atoms with Gasteiger partial charge in [0.05, 0.1) is 0 Å². The van der Waals surface area contributed by atoms with E-state index in [9.17, 15) is 0 Å². The third-order valence-electron chi connectivity index (χ3n) is 1.29. The van der Waals surface area contributed by atoms with Crippen LogP contribution in [0.15, 0.2) is 23.4 Å².